The number of anilines is 1. The van der Waals surface area contributed by atoms with Crippen molar-refractivity contribution in [3.8, 4) is 0 Å². The second-order valence-corrected chi connectivity index (χ2v) is 10.1. The quantitative estimate of drug-likeness (QED) is 0.560. The lowest BCUT2D eigenvalue weighted by Crippen LogP contribution is -2.22. The molecule has 170 valence electrons. The fourth-order valence-electron chi connectivity index (χ4n) is 4.80. The van der Waals surface area contributed by atoms with Crippen LogP contribution in [-0.4, -0.2) is 25.6 Å². The molecule has 4 rings (SSSR count). The molecule has 0 saturated heterocycles. The number of aryl methyl sites for hydroxylation is 1. The van der Waals surface area contributed by atoms with Crippen LogP contribution in [0.25, 0.3) is 5.52 Å². The molecule has 0 spiro atoms. The molecule has 1 aliphatic rings. The maximum absolute atomic E-state index is 12.8. The van der Waals surface area contributed by atoms with E-state index in [0.717, 1.165) is 41.6 Å². The molecular formula is C26H34N4O2. The summed E-state index contributed by atoms with van der Waals surface area (Å²) in [6.45, 7) is 9.94. The number of rotatable bonds is 5. The van der Waals surface area contributed by atoms with Gasteiger partial charge in [-0.3, -0.25) is 4.79 Å². The first-order valence-electron chi connectivity index (χ1n) is 11.6. The second-order valence-electron chi connectivity index (χ2n) is 10.1. The number of pyridine rings is 2. The van der Waals surface area contributed by atoms with Crippen LogP contribution >= 0.6 is 0 Å². The number of amides is 1. The number of aliphatic hydroxyl groups is 1. The number of hydrogen-bond donors (Lipinski definition) is 2. The van der Waals surface area contributed by atoms with Crippen molar-refractivity contribution in [1.82, 2.24) is 14.6 Å². The van der Waals surface area contributed by atoms with Gasteiger partial charge in [0.1, 0.15) is 5.69 Å². The summed E-state index contributed by atoms with van der Waals surface area (Å²) in [5.41, 5.74) is 3.21. The van der Waals surface area contributed by atoms with Crippen LogP contribution in [0.3, 0.4) is 0 Å². The van der Waals surface area contributed by atoms with Gasteiger partial charge in [-0.1, -0.05) is 19.9 Å². The molecule has 0 radical (unpaired) electrons. The van der Waals surface area contributed by atoms with Crippen LogP contribution in [-0.2, 0) is 5.60 Å². The number of carbonyl (C=O) groups excluding carboxylic acids is 1. The van der Waals surface area contributed by atoms with Gasteiger partial charge in [0.05, 0.1) is 28.7 Å². The van der Waals surface area contributed by atoms with E-state index < -0.39 is 5.60 Å². The van der Waals surface area contributed by atoms with Crippen LogP contribution in [0.1, 0.15) is 86.7 Å². The Morgan fingerprint density at radius 3 is 2.53 bits per heavy atom. The first kappa shape index (κ1) is 22.5. The molecule has 0 aliphatic heterocycles. The van der Waals surface area contributed by atoms with E-state index in [9.17, 15) is 9.90 Å². The van der Waals surface area contributed by atoms with Gasteiger partial charge in [0.2, 0.25) is 0 Å². The smallest absolute Gasteiger partial charge is 0.274 e. The minimum absolute atomic E-state index is 0.307. The zero-order valence-corrected chi connectivity index (χ0v) is 19.7. The summed E-state index contributed by atoms with van der Waals surface area (Å²) in [6, 6.07) is 9.40. The molecule has 3 heterocycles. The van der Waals surface area contributed by atoms with Gasteiger partial charge in [-0.15, -0.1) is 0 Å². The van der Waals surface area contributed by atoms with E-state index in [4.69, 9.17) is 5.10 Å². The number of carbonyl (C=O) groups is 1. The Labute approximate surface area is 190 Å². The number of fused-ring (bicyclic) bond motifs is 1. The molecule has 0 bridgehead atoms. The zero-order chi connectivity index (χ0) is 23.0. The number of aromatic nitrogens is 3. The van der Waals surface area contributed by atoms with Crippen molar-refractivity contribution in [2.24, 2.45) is 11.8 Å². The van der Waals surface area contributed by atoms with E-state index in [-0.39, 0.29) is 5.91 Å². The molecule has 0 atom stereocenters. The summed E-state index contributed by atoms with van der Waals surface area (Å²) in [5.74, 6) is 1.70. The Balaban J connectivity index is 1.64. The van der Waals surface area contributed by atoms with Crippen molar-refractivity contribution in [2.45, 2.75) is 71.8 Å². The number of nitrogens with zero attached hydrogens (tertiary/aromatic N) is 3. The van der Waals surface area contributed by atoms with Crippen LogP contribution < -0.4 is 5.32 Å². The van der Waals surface area contributed by atoms with Crippen molar-refractivity contribution >= 4 is 17.1 Å². The molecule has 2 N–H and O–H groups in total. The molecular weight excluding hydrogens is 400 g/mol. The van der Waals surface area contributed by atoms with Gasteiger partial charge >= 0.3 is 0 Å². The van der Waals surface area contributed by atoms with Gasteiger partial charge in [0.25, 0.3) is 5.91 Å². The van der Waals surface area contributed by atoms with Crippen LogP contribution in [0.2, 0.25) is 0 Å². The van der Waals surface area contributed by atoms with Gasteiger partial charge in [0.15, 0.2) is 0 Å². The van der Waals surface area contributed by atoms with Gasteiger partial charge < -0.3 is 10.4 Å². The van der Waals surface area contributed by atoms with Crippen molar-refractivity contribution in [1.29, 1.82) is 0 Å². The highest BCUT2D eigenvalue weighted by atomic mass is 16.3. The largest absolute Gasteiger partial charge is 0.386 e. The summed E-state index contributed by atoms with van der Waals surface area (Å²) in [5, 5.41) is 18.6. The zero-order valence-electron chi connectivity index (χ0n) is 19.7. The fourth-order valence-corrected chi connectivity index (χ4v) is 4.80. The summed E-state index contributed by atoms with van der Waals surface area (Å²) in [7, 11) is 0. The van der Waals surface area contributed by atoms with Gasteiger partial charge in [-0.25, -0.2) is 9.50 Å². The van der Waals surface area contributed by atoms with E-state index in [0.29, 0.717) is 22.9 Å². The normalized spacial score (nSPS) is 19.5. The van der Waals surface area contributed by atoms with E-state index >= 15 is 0 Å². The lowest BCUT2D eigenvalue weighted by Gasteiger charge is -2.29. The molecule has 1 aliphatic carbocycles. The first-order chi connectivity index (χ1) is 15.1. The van der Waals surface area contributed by atoms with E-state index in [1.807, 2.05) is 29.6 Å². The first-order valence-corrected chi connectivity index (χ1v) is 11.6. The molecule has 6 nitrogen and oxygen atoms in total. The monoisotopic (exact) mass is 434 g/mol. The Morgan fingerprint density at radius 1 is 1.19 bits per heavy atom. The fraction of sp³-hybridized carbons (Fsp3) is 0.500. The Kier molecular flexibility index (Phi) is 6.08. The van der Waals surface area contributed by atoms with E-state index in [2.05, 4.69) is 30.2 Å². The summed E-state index contributed by atoms with van der Waals surface area (Å²) in [6.07, 6.45) is 6.62. The number of hydrogen-bond acceptors (Lipinski definition) is 4. The molecule has 1 amide bonds. The van der Waals surface area contributed by atoms with Crippen molar-refractivity contribution < 1.29 is 9.90 Å². The van der Waals surface area contributed by atoms with Crippen molar-refractivity contribution in [3.63, 3.8) is 0 Å². The molecule has 0 unspecified atom stereocenters. The molecule has 0 aromatic carbocycles. The van der Waals surface area contributed by atoms with Crippen LogP contribution in [0.15, 0.2) is 36.5 Å². The average Bonchev–Trinajstić information content (AvgIpc) is 3.15. The van der Waals surface area contributed by atoms with E-state index in [1.165, 1.54) is 12.8 Å². The summed E-state index contributed by atoms with van der Waals surface area (Å²) in [4.78, 5) is 17.1. The third-order valence-corrected chi connectivity index (χ3v) is 6.78. The SMILES string of the molecule is Cc1cccc(C(=O)Nc2cn3nc(C4CCC(C(C)C)CC4)cc3cc2C(C)(C)O)n1. The maximum atomic E-state index is 12.8. The van der Waals surface area contributed by atoms with Gasteiger partial charge in [0, 0.05) is 17.2 Å². The number of nitrogens with one attached hydrogen (secondary N) is 1. The highest BCUT2D eigenvalue weighted by molar-refractivity contribution is 6.03. The molecule has 3 aromatic heterocycles. The Bertz CT molecular complexity index is 1120. The Hall–Kier alpha value is -2.73. The van der Waals surface area contributed by atoms with Crippen molar-refractivity contribution in [2.75, 3.05) is 5.32 Å². The predicted molar refractivity (Wildman–Crippen MR) is 127 cm³/mol. The predicted octanol–water partition coefficient (Wildman–Crippen LogP) is 5.45. The summed E-state index contributed by atoms with van der Waals surface area (Å²) >= 11 is 0. The average molecular weight is 435 g/mol. The van der Waals surface area contributed by atoms with E-state index in [1.54, 1.807) is 26.1 Å². The third kappa shape index (κ3) is 4.70. The third-order valence-electron chi connectivity index (χ3n) is 6.78. The van der Waals surface area contributed by atoms with Crippen LogP contribution in [0.4, 0.5) is 5.69 Å². The Morgan fingerprint density at radius 2 is 1.91 bits per heavy atom. The molecule has 6 heteroatoms. The summed E-state index contributed by atoms with van der Waals surface area (Å²) < 4.78 is 1.82. The lowest BCUT2D eigenvalue weighted by molar-refractivity contribution is 0.0792. The molecule has 1 saturated carbocycles. The minimum Gasteiger partial charge on any atom is -0.386 e. The second kappa shape index (κ2) is 8.66. The van der Waals surface area contributed by atoms with Gasteiger partial charge in [-0.05, 0) is 82.6 Å². The highest BCUT2D eigenvalue weighted by Crippen LogP contribution is 2.39. The van der Waals surface area contributed by atoms with Crippen molar-refractivity contribution in [3.05, 3.63) is 59.2 Å². The molecule has 32 heavy (non-hydrogen) atoms. The molecule has 1 fully saturated rings. The van der Waals surface area contributed by atoms with Crippen LogP contribution in [0.5, 0.6) is 0 Å². The van der Waals surface area contributed by atoms with Gasteiger partial charge in [-0.2, -0.15) is 5.10 Å². The standard InChI is InChI=1S/C26H34N4O2/c1-16(2)18-9-11-19(12-10-18)23-14-20-13-21(26(4,5)32)24(15-30(20)29-23)28-25(31)22-8-6-7-17(3)27-22/h6-8,13-16,18-19,32H,9-12H2,1-5H3,(H,28,31). The highest BCUT2D eigenvalue weighted by Gasteiger charge is 2.27. The van der Waals surface area contributed by atoms with Crippen LogP contribution in [0, 0.1) is 18.8 Å². The minimum atomic E-state index is -1.12. The lowest BCUT2D eigenvalue weighted by atomic mass is 9.76. The maximum Gasteiger partial charge on any atom is 0.274 e. The molecule has 3 aromatic rings. The topological polar surface area (TPSA) is 79.5 Å².